The van der Waals surface area contributed by atoms with Crippen molar-refractivity contribution in [3.05, 3.63) is 170 Å². The first-order valence-corrected chi connectivity index (χ1v) is 14.8. The molecule has 8 aromatic rings. The molecule has 0 aliphatic rings. The van der Waals surface area contributed by atoms with Crippen molar-refractivity contribution in [1.82, 2.24) is 9.97 Å². The molecule has 0 atom stereocenters. The fourth-order valence-corrected chi connectivity index (χ4v) is 5.99. The van der Waals surface area contributed by atoms with Crippen LogP contribution in [0.15, 0.2) is 170 Å². The molecule has 4 nitrogen and oxygen atoms in total. The number of fused-ring (bicyclic) bond motifs is 4. The highest BCUT2D eigenvalue weighted by Gasteiger charge is 2.23. The summed E-state index contributed by atoms with van der Waals surface area (Å²) in [6, 6.07) is 58.8. The average Bonchev–Trinajstić information content (AvgIpc) is 3.10. The van der Waals surface area contributed by atoms with Crippen molar-refractivity contribution < 1.29 is 0 Å². The van der Waals surface area contributed by atoms with Crippen LogP contribution in [0.2, 0.25) is 0 Å². The molecule has 7 aromatic carbocycles. The molecule has 0 fully saturated rings. The molecule has 0 radical (unpaired) electrons. The summed E-state index contributed by atoms with van der Waals surface area (Å²) in [7, 11) is 0. The van der Waals surface area contributed by atoms with Crippen LogP contribution < -0.4 is 9.80 Å². The van der Waals surface area contributed by atoms with Crippen molar-refractivity contribution >= 4 is 67.0 Å². The number of aromatic nitrogens is 2. The van der Waals surface area contributed by atoms with Gasteiger partial charge in [0, 0.05) is 28.1 Å². The molecule has 0 spiro atoms. The summed E-state index contributed by atoms with van der Waals surface area (Å²) >= 11 is 0. The van der Waals surface area contributed by atoms with Crippen molar-refractivity contribution in [1.29, 1.82) is 0 Å². The van der Waals surface area contributed by atoms with Crippen LogP contribution >= 0.6 is 0 Å². The molecule has 0 saturated carbocycles. The summed E-state index contributed by atoms with van der Waals surface area (Å²) < 4.78 is 0. The van der Waals surface area contributed by atoms with Gasteiger partial charge in [0.1, 0.15) is 11.0 Å². The predicted molar refractivity (Wildman–Crippen MR) is 184 cm³/mol. The smallest absolute Gasteiger partial charge is 0.116 e. The highest BCUT2D eigenvalue weighted by atomic mass is 15.2. The molecule has 0 aliphatic heterocycles. The molecule has 0 unspecified atom stereocenters. The van der Waals surface area contributed by atoms with Gasteiger partial charge in [-0.1, -0.05) is 103 Å². The summed E-state index contributed by atoms with van der Waals surface area (Å²) in [4.78, 5) is 15.4. The second-order valence-corrected chi connectivity index (χ2v) is 10.7. The van der Waals surface area contributed by atoms with Gasteiger partial charge in [0.15, 0.2) is 0 Å². The Labute approximate surface area is 256 Å². The zero-order chi connectivity index (χ0) is 29.3. The Morgan fingerprint density at radius 1 is 0.318 bits per heavy atom. The monoisotopic (exact) mass is 564 g/mol. The number of hydrogen-bond donors (Lipinski definition) is 0. The Balaban J connectivity index is 1.49. The second-order valence-electron chi connectivity index (χ2n) is 10.7. The van der Waals surface area contributed by atoms with Crippen molar-refractivity contribution in [2.75, 3.05) is 9.80 Å². The third-order valence-corrected chi connectivity index (χ3v) is 7.98. The average molecular weight is 565 g/mol. The Hall–Kier alpha value is -6.00. The molecule has 0 N–H and O–H groups in total. The maximum Gasteiger partial charge on any atom is 0.116 e. The lowest BCUT2D eigenvalue weighted by molar-refractivity contribution is 1.25. The molecule has 0 bridgehead atoms. The number of nitrogens with zero attached hydrogens (tertiary/aromatic N) is 4. The highest BCUT2D eigenvalue weighted by molar-refractivity contribution is 6.10. The van der Waals surface area contributed by atoms with Gasteiger partial charge in [-0.3, -0.25) is 0 Å². The van der Waals surface area contributed by atoms with Gasteiger partial charge >= 0.3 is 0 Å². The third kappa shape index (κ3) is 4.50. The van der Waals surface area contributed by atoms with Gasteiger partial charge in [0.2, 0.25) is 0 Å². The summed E-state index contributed by atoms with van der Waals surface area (Å²) in [5, 5.41) is 2.23. The van der Waals surface area contributed by atoms with Crippen molar-refractivity contribution in [3.63, 3.8) is 0 Å². The molecule has 1 aromatic heterocycles. The van der Waals surface area contributed by atoms with E-state index < -0.39 is 0 Å². The van der Waals surface area contributed by atoms with Crippen molar-refractivity contribution in [2.24, 2.45) is 0 Å². The largest absolute Gasteiger partial charge is 0.308 e. The standard InChI is InChI=1S/C40H28N4/c1-5-16-30(17-6-1)43(31-18-7-2-8-19-31)36-27-28-37(44(32-20-9-3-10-21-32)33-22-11-4-12-23-33)40-39(36)41-35-26-25-29-15-13-14-24-34(29)38(35)42-40/h1-28H. The van der Waals surface area contributed by atoms with Gasteiger partial charge < -0.3 is 9.80 Å². The summed E-state index contributed by atoms with van der Waals surface area (Å²) in [6.45, 7) is 0. The fourth-order valence-electron chi connectivity index (χ4n) is 5.99. The molecule has 0 aliphatic carbocycles. The van der Waals surface area contributed by atoms with Crippen LogP contribution in [-0.2, 0) is 0 Å². The minimum absolute atomic E-state index is 0.829. The molecule has 1 heterocycles. The zero-order valence-corrected chi connectivity index (χ0v) is 24.0. The molecular formula is C40H28N4. The van der Waals surface area contributed by atoms with E-state index in [1.807, 2.05) is 24.3 Å². The maximum absolute atomic E-state index is 5.48. The fraction of sp³-hybridized carbons (Fsp3) is 0. The Kier molecular flexibility index (Phi) is 6.43. The Bertz CT molecular complexity index is 2140. The quantitative estimate of drug-likeness (QED) is 0.149. The SMILES string of the molecule is c1ccc(N(c2ccccc2)c2ccc(N(c3ccccc3)c3ccccc3)c3nc4c(ccc5ccccc54)nc23)cc1. The van der Waals surface area contributed by atoms with E-state index in [4.69, 9.17) is 9.97 Å². The van der Waals surface area contributed by atoms with E-state index >= 15 is 0 Å². The van der Waals surface area contributed by atoms with Crippen LogP contribution in [0.1, 0.15) is 0 Å². The predicted octanol–water partition coefficient (Wildman–Crippen LogP) is 10.9. The molecule has 44 heavy (non-hydrogen) atoms. The molecule has 0 saturated heterocycles. The minimum Gasteiger partial charge on any atom is -0.308 e. The van der Waals surface area contributed by atoms with Gasteiger partial charge in [0.25, 0.3) is 0 Å². The summed E-state index contributed by atoms with van der Waals surface area (Å²) in [5.41, 5.74) is 9.54. The van der Waals surface area contributed by atoms with Crippen molar-refractivity contribution in [2.45, 2.75) is 0 Å². The van der Waals surface area contributed by atoms with Crippen LogP contribution in [-0.4, -0.2) is 9.97 Å². The lowest BCUT2D eigenvalue weighted by Crippen LogP contribution is -2.14. The van der Waals surface area contributed by atoms with E-state index in [0.717, 1.165) is 67.0 Å². The van der Waals surface area contributed by atoms with E-state index in [1.165, 1.54) is 0 Å². The van der Waals surface area contributed by atoms with E-state index in [2.05, 4.69) is 155 Å². The number of anilines is 6. The van der Waals surface area contributed by atoms with Gasteiger partial charge in [-0.25, -0.2) is 9.97 Å². The van der Waals surface area contributed by atoms with Gasteiger partial charge in [0.05, 0.1) is 22.4 Å². The van der Waals surface area contributed by atoms with E-state index in [-0.39, 0.29) is 0 Å². The third-order valence-electron chi connectivity index (χ3n) is 7.98. The molecule has 8 rings (SSSR count). The van der Waals surface area contributed by atoms with Crippen LogP contribution in [0, 0.1) is 0 Å². The normalized spacial score (nSPS) is 11.2. The van der Waals surface area contributed by atoms with E-state index in [1.54, 1.807) is 0 Å². The van der Waals surface area contributed by atoms with Crippen LogP contribution in [0.5, 0.6) is 0 Å². The van der Waals surface area contributed by atoms with Crippen LogP contribution in [0.25, 0.3) is 32.8 Å². The minimum atomic E-state index is 0.829. The first-order chi connectivity index (χ1) is 21.8. The first kappa shape index (κ1) is 25.7. The van der Waals surface area contributed by atoms with Gasteiger partial charge in [-0.2, -0.15) is 0 Å². The molecule has 208 valence electrons. The topological polar surface area (TPSA) is 32.3 Å². The number of para-hydroxylation sites is 4. The van der Waals surface area contributed by atoms with Crippen LogP contribution in [0.4, 0.5) is 34.1 Å². The molecular weight excluding hydrogens is 536 g/mol. The maximum atomic E-state index is 5.48. The second kappa shape index (κ2) is 11.0. The lowest BCUT2D eigenvalue weighted by atomic mass is 10.1. The van der Waals surface area contributed by atoms with E-state index in [9.17, 15) is 0 Å². The van der Waals surface area contributed by atoms with Gasteiger partial charge in [-0.15, -0.1) is 0 Å². The number of benzene rings is 7. The van der Waals surface area contributed by atoms with Crippen LogP contribution in [0.3, 0.4) is 0 Å². The number of hydrogen-bond acceptors (Lipinski definition) is 4. The first-order valence-electron chi connectivity index (χ1n) is 14.8. The van der Waals surface area contributed by atoms with E-state index in [0.29, 0.717) is 0 Å². The number of rotatable bonds is 6. The Morgan fingerprint density at radius 3 is 1.20 bits per heavy atom. The summed E-state index contributed by atoms with van der Waals surface area (Å²) in [5.74, 6) is 0. The Morgan fingerprint density at radius 2 is 0.727 bits per heavy atom. The molecule has 0 amide bonds. The summed E-state index contributed by atoms with van der Waals surface area (Å²) in [6.07, 6.45) is 0. The highest BCUT2D eigenvalue weighted by Crippen LogP contribution is 2.44. The zero-order valence-electron chi connectivity index (χ0n) is 24.0. The molecule has 4 heteroatoms. The lowest BCUT2D eigenvalue weighted by Gasteiger charge is -2.29. The van der Waals surface area contributed by atoms with Crippen molar-refractivity contribution in [3.8, 4) is 0 Å². The van der Waals surface area contributed by atoms with Gasteiger partial charge in [-0.05, 0) is 72.1 Å².